The highest BCUT2D eigenvalue weighted by Crippen LogP contribution is 2.35. The van der Waals surface area contributed by atoms with Gasteiger partial charge < -0.3 is 46.4 Å². The third-order valence-corrected chi connectivity index (χ3v) is 19.1. The van der Waals surface area contributed by atoms with Crippen molar-refractivity contribution in [2.75, 3.05) is 28.4 Å². The molecule has 13 rings (SSSR count). The summed E-state index contributed by atoms with van der Waals surface area (Å²) >= 11 is 6.44. The first-order valence-electron chi connectivity index (χ1n) is 32.7. The molecular weight excluding hydrogens is 1380 g/mol. The number of nitrogens with zero attached hydrogens (tertiary/aromatic N) is 8. The number of carboxylic acids is 4. The molecule has 0 saturated carbocycles. The number of aromatic carboxylic acids is 3. The van der Waals surface area contributed by atoms with Crippen molar-refractivity contribution in [1.82, 2.24) is 39.9 Å². The van der Waals surface area contributed by atoms with Gasteiger partial charge in [0.2, 0.25) is 0 Å². The van der Waals surface area contributed by atoms with Gasteiger partial charge in [-0.2, -0.15) is 45.3 Å². The summed E-state index contributed by atoms with van der Waals surface area (Å²) in [6, 6.07) is 37.7. The number of benzene rings is 5. The Kier molecular flexibility index (Phi) is 24.9. The summed E-state index contributed by atoms with van der Waals surface area (Å²) in [6.45, 7) is 16.2. The number of aryl methyl sites for hydroxylation is 4. The van der Waals surface area contributed by atoms with E-state index in [9.17, 15) is 19.2 Å². The van der Waals surface area contributed by atoms with E-state index < -0.39 is 23.9 Å². The van der Waals surface area contributed by atoms with Gasteiger partial charge in [0.1, 0.15) is 29.0 Å². The third-order valence-electron chi connectivity index (χ3n) is 16.4. The number of nitrogens with one attached hydrogen (secondary N) is 4. The fourth-order valence-corrected chi connectivity index (χ4v) is 13.6. The number of hydrogen-bond acceptors (Lipinski definition) is 21. The van der Waals surface area contributed by atoms with Gasteiger partial charge in [-0.1, -0.05) is 52.0 Å². The molecule has 103 heavy (non-hydrogen) atoms. The van der Waals surface area contributed by atoms with E-state index in [0.29, 0.717) is 40.6 Å². The highest BCUT2D eigenvalue weighted by atomic mass is 32.1. The molecule has 8 heterocycles. The van der Waals surface area contributed by atoms with Crippen LogP contribution in [0.3, 0.4) is 0 Å². The number of hydrogen-bond donors (Lipinski definition) is 8. The van der Waals surface area contributed by atoms with Crippen LogP contribution in [-0.4, -0.2) is 91.3 Å². The van der Waals surface area contributed by atoms with E-state index in [4.69, 9.17) is 35.1 Å². The number of ether oxygens (including phenoxy) is 1. The first-order chi connectivity index (χ1) is 49.7. The van der Waals surface area contributed by atoms with Crippen LogP contribution in [0.2, 0.25) is 0 Å². The van der Waals surface area contributed by atoms with Crippen molar-refractivity contribution in [2.45, 2.75) is 87.5 Å². The average molecular weight is 1450 g/mol. The summed E-state index contributed by atoms with van der Waals surface area (Å²) in [4.78, 5) is 81.4. The van der Waals surface area contributed by atoms with E-state index in [1.54, 1.807) is 87.8 Å². The summed E-state index contributed by atoms with van der Waals surface area (Å²) in [5.41, 5.74) is 16.7. The second kappa shape index (κ2) is 34.6. The van der Waals surface area contributed by atoms with Gasteiger partial charge in [0, 0.05) is 106 Å². The minimum atomic E-state index is -0.998. The maximum absolute atomic E-state index is 11.2. The zero-order valence-electron chi connectivity index (χ0n) is 57.8. The van der Waals surface area contributed by atoms with E-state index in [0.717, 1.165) is 144 Å². The van der Waals surface area contributed by atoms with Crippen LogP contribution >= 0.6 is 45.3 Å². The number of methoxy groups -OCH3 is 1. The van der Waals surface area contributed by atoms with Crippen molar-refractivity contribution in [1.29, 1.82) is 0 Å². The number of aliphatic carboxylic acids is 1. The molecule has 13 aromatic rings. The van der Waals surface area contributed by atoms with E-state index in [1.807, 2.05) is 150 Å². The molecule has 524 valence electrons. The topological polar surface area (TPSA) is 310 Å². The van der Waals surface area contributed by atoms with Crippen molar-refractivity contribution >= 4 is 126 Å². The van der Waals surface area contributed by atoms with Crippen LogP contribution in [0.15, 0.2) is 170 Å². The maximum atomic E-state index is 11.2. The Morgan fingerprint density at radius 2 is 0.709 bits per heavy atom. The van der Waals surface area contributed by atoms with Crippen LogP contribution < -0.4 is 26.0 Å². The van der Waals surface area contributed by atoms with Gasteiger partial charge in [0.05, 0.1) is 35.9 Å². The van der Waals surface area contributed by atoms with Crippen LogP contribution in [-0.2, 0) is 36.9 Å². The second-order valence-electron chi connectivity index (χ2n) is 23.3. The predicted octanol–water partition coefficient (Wildman–Crippen LogP) is 19.2. The molecule has 0 aliphatic rings. The number of carboxylic acid groups (broad SMARTS) is 4. The summed E-state index contributed by atoms with van der Waals surface area (Å²) in [7, 11) is 1.51. The molecule has 0 unspecified atom stereocenters. The van der Waals surface area contributed by atoms with Crippen molar-refractivity contribution < 1.29 is 44.3 Å². The molecule has 0 fully saturated rings. The highest BCUT2D eigenvalue weighted by molar-refractivity contribution is 7.09. The number of anilines is 8. The van der Waals surface area contributed by atoms with Gasteiger partial charge in [-0.25, -0.2) is 54.3 Å². The van der Waals surface area contributed by atoms with Crippen molar-refractivity contribution in [3.63, 3.8) is 0 Å². The smallest absolute Gasteiger partial charge is 0.335 e. The average Bonchev–Trinajstić information content (AvgIpc) is 1.61. The second-order valence-corrected chi connectivity index (χ2v) is 26.4. The van der Waals surface area contributed by atoms with E-state index in [-0.39, 0.29) is 23.1 Å². The highest BCUT2D eigenvalue weighted by Gasteiger charge is 2.19. The number of rotatable bonds is 22. The van der Waals surface area contributed by atoms with Crippen molar-refractivity contribution in [2.24, 2.45) is 0 Å². The molecule has 8 aromatic heterocycles. The SMILES string of the molecule is CCc1c(C)nc(-c2ccsc2)nc1Nc1ccc(C(=O)O)cc1.CCc1c(C)nc(-c2ccsc2)nc1Nc1ccc(C(=O)O)cc1OC.CCc1c(C)nc(-c2ccsc2)nc1Nc1ccc(CC(=O)O)cc1.CCc1c(C)nc(-c2ccsc2)nc1Nc1ccc2cc(C(=O)O)ccc2c1. The third kappa shape index (κ3) is 18.9. The zero-order chi connectivity index (χ0) is 73.3. The monoisotopic (exact) mass is 1450 g/mol. The minimum absolute atomic E-state index is 0.0232. The first-order valence-corrected chi connectivity index (χ1v) is 36.5. The lowest BCUT2D eigenvalue weighted by atomic mass is 10.1. The Morgan fingerprint density at radius 1 is 0.379 bits per heavy atom. The lowest BCUT2D eigenvalue weighted by molar-refractivity contribution is -0.136. The Morgan fingerprint density at radius 3 is 1.07 bits per heavy atom. The van der Waals surface area contributed by atoms with Gasteiger partial charge >= 0.3 is 23.9 Å². The number of fused-ring (bicyclic) bond motifs is 1. The van der Waals surface area contributed by atoms with Crippen LogP contribution in [0.25, 0.3) is 56.3 Å². The molecule has 0 bridgehead atoms. The van der Waals surface area contributed by atoms with Gasteiger partial charge in [0.25, 0.3) is 0 Å². The van der Waals surface area contributed by atoms with Gasteiger partial charge in [-0.05, 0) is 194 Å². The molecule has 0 radical (unpaired) electrons. The summed E-state index contributed by atoms with van der Waals surface area (Å²) in [6.07, 6.45) is 3.26. The lowest BCUT2D eigenvalue weighted by Crippen LogP contribution is -2.06. The first kappa shape index (κ1) is 74.1. The van der Waals surface area contributed by atoms with Crippen molar-refractivity contribution in [3.8, 4) is 51.3 Å². The normalized spacial score (nSPS) is 10.7. The molecule has 25 heteroatoms. The fourth-order valence-electron chi connectivity index (χ4n) is 11.1. The molecule has 0 amide bonds. The summed E-state index contributed by atoms with van der Waals surface area (Å²) in [5.74, 6) is 2.58. The van der Waals surface area contributed by atoms with E-state index in [2.05, 4.69) is 71.9 Å². The Labute approximate surface area is 611 Å². The van der Waals surface area contributed by atoms with Crippen molar-refractivity contribution in [3.05, 3.63) is 238 Å². The Hall–Kier alpha value is -11.6. The Bertz CT molecular complexity index is 5120. The number of thiophene rings is 4. The predicted molar refractivity (Wildman–Crippen MR) is 413 cm³/mol. The van der Waals surface area contributed by atoms with Crippen LogP contribution in [0, 0.1) is 27.7 Å². The van der Waals surface area contributed by atoms with E-state index >= 15 is 0 Å². The summed E-state index contributed by atoms with van der Waals surface area (Å²) < 4.78 is 5.35. The quantitative estimate of drug-likeness (QED) is 0.0313. The summed E-state index contributed by atoms with van der Waals surface area (Å²) in [5, 5.41) is 67.5. The minimum Gasteiger partial charge on any atom is -0.495 e. The standard InChI is InChI=1S/C22H19N3O2S.C19H19N3O3S.C19H19N3O2S.C18H17N3O2S/c1-3-19-13(2)23-20(17-8-9-28-12-17)25-21(19)24-18-7-6-14-10-16(22(26)27)5-4-15(14)11-18;1-4-14-11(2)20-17(13-7-8-26-10-13)22-18(14)21-15-6-5-12(19(23)24)9-16(15)25-3;1-3-16-12(2)20-18(14-8-9-25-11-14)22-19(16)21-15-6-4-13(5-7-15)10-17(23)24;1-3-15-11(2)19-16(13-8-9-24-10-13)21-17(15)20-14-6-4-12(5-7-14)18(22)23/h4-12H,3H2,1-2H3,(H,26,27)(H,23,24,25);5-10H,4H2,1-3H3,(H,23,24)(H,20,21,22);4-9,11H,3,10H2,1-2H3,(H,23,24)(H,20,21,22);4-10H,3H2,1-2H3,(H,22,23)(H,19,20,21). The molecule has 0 aliphatic heterocycles. The van der Waals surface area contributed by atoms with Crippen LogP contribution in [0.4, 0.5) is 46.0 Å². The van der Waals surface area contributed by atoms with Gasteiger partial charge in [-0.15, -0.1) is 0 Å². The van der Waals surface area contributed by atoms with E-state index in [1.165, 1.54) is 19.2 Å². The van der Waals surface area contributed by atoms with Gasteiger partial charge in [0.15, 0.2) is 23.3 Å². The largest absolute Gasteiger partial charge is 0.495 e. The molecule has 5 aromatic carbocycles. The van der Waals surface area contributed by atoms with Crippen LogP contribution in [0.1, 0.15) is 109 Å². The van der Waals surface area contributed by atoms with Crippen LogP contribution in [0.5, 0.6) is 5.75 Å². The lowest BCUT2D eigenvalue weighted by Gasteiger charge is -2.16. The maximum Gasteiger partial charge on any atom is 0.335 e. The van der Waals surface area contributed by atoms with Gasteiger partial charge in [-0.3, -0.25) is 4.79 Å². The molecular formula is C78H74N12O9S4. The molecule has 0 aliphatic carbocycles. The number of aromatic nitrogens is 8. The Balaban J connectivity index is 0.000000148. The molecule has 21 nitrogen and oxygen atoms in total. The number of carbonyl (C=O) groups is 4. The molecule has 0 saturated heterocycles. The molecule has 0 spiro atoms. The molecule has 8 N–H and O–H groups in total. The zero-order valence-corrected chi connectivity index (χ0v) is 61.1. The fraction of sp³-hybridized carbons (Fsp3) is 0.179. The molecule has 0 atom stereocenters.